The quantitative estimate of drug-likeness (QED) is 0.809. The van der Waals surface area contributed by atoms with Crippen LogP contribution in [0.3, 0.4) is 0 Å². The summed E-state index contributed by atoms with van der Waals surface area (Å²) in [6, 6.07) is 0.452. The van der Waals surface area contributed by atoms with Crippen molar-refractivity contribution in [1.82, 2.24) is 9.27 Å². The van der Waals surface area contributed by atoms with Gasteiger partial charge in [-0.05, 0) is 32.4 Å². The molecule has 1 rings (SSSR count). The minimum Gasteiger partial charge on any atom is -0.382 e. The van der Waals surface area contributed by atoms with E-state index in [4.69, 9.17) is 5.73 Å². The largest absolute Gasteiger partial charge is 0.382 e. The van der Waals surface area contributed by atoms with Crippen molar-refractivity contribution in [2.75, 3.05) is 37.4 Å². The van der Waals surface area contributed by atoms with Crippen molar-refractivity contribution in [2.45, 2.75) is 24.8 Å². The summed E-state index contributed by atoms with van der Waals surface area (Å²) in [7, 11) is -1.32. The monoisotopic (exact) mass is 292 g/mol. The highest BCUT2D eigenvalue weighted by Gasteiger charge is 2.20. The molecule has 0 aromatic carbocycles. The lowest BCUT2D eigenvalue weighted by molar-refractivity contribution is 0.284. The van der Waals surface area contributed by atoms with E-state index < -0.39 is 9.84 Å². The summed E-state index contributed by atoms with van der Waals surface area (Å²) < 4.78 is 27.0. The van der Waals surface area contributed by atoms with Crippen molar-refractivity contribution in [2.24, 2.45) is 0 Å². The number of hydrogen-bond acceptors (Lipinski definition) is 7. The van der Waals surface area contributed by atoms with Crippen LogP contribution >= 0.6 is 11.5 Å². The number of nitrogens with zero attached hydrogens (tertiary/aromatic N) is 2. The van der Waals surface area contributed by atoms with Gasteiger partial charge in [0.05, 0.1) is 0 Å². The molecule has 18 heavy (non-hydrogen) atoms. The second-order valence-electron chi connectivity index (χ2n) is 4.50. The fourth-order valence-electron chi connectivity index (χ4n) is 1.37. The zero-order valence-corrected chi connectivity index (χ0v) is 12.7. The maximum absolute atomic E-state index is 11.6. The number of aromatic nitrogens is 1. The molecule has 0 aliphatic heterocycles. The number of sulfone groups is 1. The van der Waals surface area contributed by atoms with E-state index in [0.29, 0.717) is 17.6 Å². The maximum atomic E-state index is 11.6. The van der Waals surface area contributed by atoms with E-state index >= 15 is 0 Å². The summed E-state index contributed by atoms with van der Waals surface area (Å²) in [6.07, 6.45) is 1.14. The van der Waals surface area contributed by atoms with E-state index in [-0.39, 0.29) is 10.7 Å². The fraction of sp³-hybridized carbons (Fsp3) is 0.700. The van der Waals surface area contributed by atoms with Gasteiger partial charge in [-0.3, -0.25) is 0 Å². The van der Waals surface area contributed by atoms with Gasteiger partial charge in [0.1, 0.15) is 9.90 Å². The van der Waals surface area contributed by atoms with Crippen molar-refractivity contribution < 1.29 is 8.42 Å². The second kappa shape index (κ2) is 5.85. The standard InChI is InChI=1S/C10H20N4O2S2/c1-7(2)14(3)6-5-12-10-8(18(4,15)16)9(11)13-17-10/h7,12H,5-6H2,1-4H3,(H2,11,13). The van der Waals surface area contributed by atoms with Crippen LogP contribution in [0.2, 0.25) is 0 Å². The summed E-state index contributed by atoms with van der Waals surface area (Å²) in [5.41, 5.74) is 5.58. The molecule has 8 heteroatoms. The first kappa shape index (κ1) is 15.2. The molecule has 1 aromatic heterocycles. The van der Waals surface area contributed by atoms with Gasteiger partial charge in [0.25, 0.3) is 0 Å². The number of nitrogens with two attached hydrogens (primary N) is 1. The number of nitrogen functional groups attached to an aromatic ring is 1. The molecule has 0 aliphatic rings. The van der Waals surface area contributed by atoms with Gasteiger partial charge >= 0.3 is 0 Å². The van der Waals surface area contributed by atoms with Crippen LogP contribution in [0.25, 0.3) is 0 Å². The first-order valence-corrected chi connectivity index (χ1v) is 8.29. The molecule has 0 fully saturated rings. The van der Waals surface area contributed by atoms with Crippen LogP contribution in [0, 0.1) is 0 Å². The van der Waals surface area contributed by atoms with Gasteiger partial charge in [-0.1, -0.05) is 0 Å². The van der Waals surface area contributed by atoms with Crippen LogP contribution < -0.4 is 11.1 Å². The third-order valence-corrected chi connectivity index (χ3v) is 4.78. The zero-order chi connectivity index (χ0) is 13.9. The minimum atomic E-state index is -3.34. The first-order chi connectivity index (χ1) is 8.23. The predicted octanol–water partition coefficient (Wildman–Crippen LogP) is 0.881. The third kappa shape index (κ3) is 3.82. The molecule has 0 spiro atoms. The van der Waals surface area contributed by atoms with Crippen molar-refractivity contribution in [3.05, 3.63) is 0 Å². The minimum absolute atomic E-state index is 0.0715. The van der Waals surface area contributed by atoms with Gasteiger partial charge < -0.3 is 16.0 Å². The Morgan fingerprint density at radius 1 is 1.50 bits per heavy atom. The Morgan fingerprint density at radius 3 is 2.61 bits per heavy atom. The summed E-state index contributed by atoms with van der Waals surface area (Å²) in [6.45, 7) is 5.68. The van der Waals surface area contributed by atoms with Gasteiger partial charge in [0.15, 0.2) is 15.7 Å². The average molecular weight is 292 g/mol. The lowest BCUT2D eigenvalue weighted by atomic mass is 10.3. The molecule has 6 nitrogen and oxygen atoms in total. The molecule has 104 valence electrons. The predicted molar refractivity (Wildman–Crippen MR) is 75.9 cm³/mol. The highest BCUT2D eigenvalue weighted by atomic mass is 32.2. The molecular weight excluding hydrogens is 272 g/mol. The highest BCUT2D eigenvalue weighted by Crippen LogP contribution is 2.30. The second-order valence-corrected chi connectivity index (χ2v) is 7.23. The van der Waals surface area contributed by atoms with E-state index in [1.807, 2.05) is 7.05 Å². The molecule has 0 radical (unpaired) electrons. The van der Waals surface area contributed by atoms with Crippen LogP contribution in [0.4, 0.5) is 10.8 Å². The zero-order valence-electron chi connectivity index (χ0n) is 11.1. The lowest BCUT2D eigenvalue weighted by Crippen LogP contribution is -2.31. The summed E-state index contributed by atoms with van der Waals surface area (Å²) in [5.74, 6) is 0.0715. The fourth-order valence-corrected chi connectivity index (χ4v) is 3.46. The molecule has 0 atom stereocenters. The first-order valence-electron chi connectivity index (χ1n) is 5.62. The van der Waals surface area contributed by atoms with E-state index in [0.717, 1.165) is 24.3 Å². The van der Waals surface area contributed by atoms with Crippen LogP contribution in [-0.4, -0.2) is 50.1 Å². The van der Waals surface area contributed by atoms with E-state index in [1.165, 1.54) is 0 Å². The highest BCUT2D eigenvalue weighted by molar-refractivity contribution is 7.91. The smallest absolute Gasteiger partial charge is 0.182 e. The van der Waals surface area contributed by atoms with Crippen LogP contribution in [-0.2, 0) is 9.84 Å². The van der Waals surface area contributed by atoms with Gasteiger partial charge in [-0.15, -0.1) is 0 Å². The molecular formula is C10H20N4O2S2. The number of anilines is 2. The van der Waals surface area contributed by atoms with Crippen LogP contribution in [0.5, 0.6) is 0 Å². The molecule has 0 saturated carbocycles. The summed E-state index contributed by atoms with van der Waals surface area (Å²) in [4.78, 5) is 2.28. The van der Waals surface area contributed by atoms with Crippen molar-refractivity contribution >= 4 is 32.2 Å². The van der Waals surface area contributed by atoms with Crippen molar-refractivity contribution in [1.29, 1.82) is 0 Å². The third-order valence-electron chi connectivity index (χ3n) is 2.68. The molecule has 0 unspecified atom stereocenters. The number of rotatable bonds is 6. The summed E-state index contributed by atoms with van der Waals surface area (Å²) in [5, 5.41) is 3.60. The Morgan fingerprint density at radius 2 is 2.11 bits per heavy atom. The van der Waals surface area contributed by atoms with Gasteiger partial charge in [0, 0.05) is 25.4 Å². The molecule has 0 saturated heterocycles. The molecule has 1 heterocycles. The van der Waals surface area contributed by atoms with E-state index in [1.54, 1.807) is 0 Å². The molecule has 3 N–H and O–H groups in total. The molecule has 0 bridgehead atoms. The Hall–Kier alpha value is -0.860. The number of hydrogen-bond donors (Lipinski definition) is 2. The maximum Gasteiger partial charge on any atom is 0.182 e. The number of likely N-dealkylation sites (N-methyl/N-ethyl adjacent to an activating group) is 1. The van der Waals surface area contributed by atoms with Gasteiger partial charge in [-0.2, -0.15) is 4.37 Å². The van der Waals surface area contributed by atoms with E-state index in [2.05, 4.69) is 28.4 Å². The molecule has 0 aliphatic carbocycles. The normalized spacial score (nSPS) is 12.3. The van der Waals surface area contributed by atoms with Crippen molar-refractivity contribution in [3.63, 3.8) is 0 Å². The topological polar surface area (TPSA) is 88.3 Å². The Balaban J connectivity index is 2.70. The van der Waals surface area contributed by atoms with Gasteiger partial charge in [-0.25, -0.2) is 8.42 Å². The Kier molecular flexibility index (Phi) is 4.94. The van der Waals surface area contributed by atoms with Crippen molar-refractivity contribution in [3.8, 4) is 0 Å². The summed E-state index contributed by atoms with van der Waals surface area (Å²) >= 11 is 1.08. The van der Waals surface area contributed by atoms with Crippen LogP contribution in [0.15, 0.2) is 4.90 Å². The van der Waals surface area contributed by atoms with E-state index in [9.17, 15) is 8.42 Å². The van der Waals surface area contributed by atoms with Gasteiger partial charge in [0.2, 0.25) is 0 Å². The van der Waals surface area contributed by atoms with Crippen LogP contribution in [0.1, 0.15) is 13.8 Å². The Labute approximate surface area is 112 Å². The number of nitrogens with one attached hydrogen (secondary N) is 1. The molecule has 0 amide bonds. The lowest BCUT2D eigenvalue weighted by Gasteiger charge is -2.20. The SMILES string of the molecule is CC(C)N(C)CCNc1snc(N)c1S(C)(=O)=O. The Bertz CT molecular complexity index is 496. The molecule has 1 aromatic rings. The average Bonchev–Trinajstić information content (AvgIpc) is 2.58.